The van der Waals surface area contributed by atoms with Crippen LogP contribution in [0.5, 0.6) is 5.75 Å². The third kappa shape index (κ3) is 4.00. The summed E-state index contributed by atoms with van der Waals surface area (Å²) in [4.78, 5) is 17.5. The number of nitrogens with one attached hydrogen (secondary N) is 1. The van der Waals surface area contributed by atoms with Gasteiger partial charge in [0.1, 0.15) is 23.6 Å². The molecule has 4 rings (SSSR count). The second-order valence-electron chi connectivity index (χ2n) is 6.72. The fourth-order valence-corrected chi connectivity index (χ4v) is 3.26. The number of aromatic nitrogens is 2. The van der Waals surface area contributed by atoms with Gasteiger partial charge in [-0.25, -0.2) is 13.8 Å². The number of aryl methyl sites for hydroxylation is 1. The third-order valence-electron chi connectivity index (χ3n) is 4.48. The van der Waals surface area contributed by atoms with Crippen molar-refractivity contribution < 1.29 is 13.5 Å². The molecule has 1 N–H and O–H groups in total. The molecule has 0 aliphatic heterocycles. The number of hydrogen-bond acceptors (Lipinski definition) is 4. The first-order valence-electron chi connectivity index (χ1n) is 9.39. The molecule has 2 aromatic heterocycles. The molecule has 0 fully saturated rings. The fraction of sp³-hybridized carbons (Fsp3) is 0.130. The summed E-state index contributed by atoms with van der Waals surface area (Å²) < 4.78 is 32.5. The Morgan fingerprint density at radius 2 is 1.70 bits per heavy atom. The molecule has 2 heterocycles. The Morgan fingerprint density at radius 1 is 1.03 bits per heavy atom. The fourth-order valence-electron chi connectivity index (χ4n) is 3.26. The smallest absolute Gasteiger partial charge is 0.272 e. The molecular weight excluding hydrogens is 388 g/mol. The van der Waals surface area contributed by atoms with Gasteiger partial charge in [0, 0.05) is 29.2 Å². The molecule has 7 heteroatoms. The maximum atomic E-state index is 13.0. The highest BCUT2D eigenvalue weighted by Crippen LogP contribution is 2.29. The van der Waals surface area contributed by atoms with E-state index in [2.05, 4.69) is 10.3 Å². The predicted molar refractivity (Wildman–Crippen MR) is 113 cm³/mol. The van der Waals surface area contributed by atoms with Gasteiger partial charge in [0.25, 0.3) is 6.43 Å². The van der Waals surface area contributed by atoms with Gasteiger partial charge < -0.3 is 10.1 Å². The average Bonchev–Trinajstić information content (AvgIpc) is 2.73. The maximum absolute atomic E-state index is 13.0. The molecule has 0 saturated carbocycles. The summed E-state index contributed by atoms with van der Waals surface area (Å²) in [6.07, 6.45) is -2.65. The number of hydrogen-bond donors (Lipinski definition) is 1. The second kappa shape index (κ2) is 8.32. The summed E-state index contributed by atoms with van der Waals surface area (Å²) in [7, 11) is 0. The number of fused-ring (bicyclic) bond motifs is 1. The molecule has 152 valence electrons. The minimum Gasteiger partial charge on any atom is -0.487 e. The van der Waals surface area contributed by atoms with Gasteiger partial charge in [-0.2, -0.15) is 0 Å². The van der Waals surface area contributed by atoms with Crippen molar-refractivity contribution >= 4 is 22.5 Å². The summed E-state index contributed by atoms with van der Waals surface area (Å²) in [6.45, 7) is 0.930. The SMILES string of the molecule is Cc1cc(OCC(F)F)c2c(=O)cc(Nc3ccccc3)n(-c3ccccc3)c2n1. The molecule has 0 amide bonds. The first-order chi connectivity index (χ1) is 14.5. The number of benzene rings is 2. The zero-order valence-electron chi connectivity index (χ0n) is 16.2. The number of halogens is 2. The highest BCUT2D eigenvalue weighted by Gasteiger charge is 2.18. The lowest BCUT2D eigenvalue weighted by atomic mass is 10.2. The molecule has 0 radical (unpaired) electrons. The van der Waals surface area contributed by atoms with E-state index in [0.29, 0.717) is 17.2 Å². The van der Waals surface area contributed by atoms with Crippen molar-refractivity contribution in [3.8, 4) is 11.4 Å². The Morgan fingerprint density at radius 3 is 2.37 bits per heavy atom. The summed E-state index contributed by atoms with van der Waals surface area (Å²) >= 11 is 0. The summed E-state index contributed by atoms with van der Waals surface area (Å²) in [5, 5.41) is 3.41. The molecule has 0 unspecified atom stereocenters. The monoisotopic (exact) mass is 407 g/mol. The molecule has 5 nitrogen and oxygen atoms in total. The van der Waals surface area contributed by atoms with Crippen LogP contribution in [-0.2, 0) is 0 Å². The highest BCUT2D eigenvalue weighted by atomic mass is 19.3. The van der Waals surface area contributed by atoms with E-state index in [-0.39, 0.29) is 16.6 Å². The topological polar surface area (TPSA) is 56.1 Å². The molecule has 0 aliphatic carbocycles. The van der Waals surface area contributed by atoms with Crippen LogP contribution >= 0.6 is 0 Å². The van der Waals surface area contributed by atoms with Crippen molar-refractivity contribution in [2.24, 2.45) is 0 Å². The van der Waals surface area contributed by atoms with Crippen LogP contribution in [0.2, 0.25) is 0 Å². The van der Waals surface area contributed by atoms with E-state index in [4.69, 9.17) is 4.74 Å². The zero-order valence-corrected chi connectivity index (χ0v) is 16.2. The Hall–Kier alpha value is -3.74. The maximum Gasteiger partial charge on any atom is 0.272 e. The van der Waals surface area contributed by atoms with Crippen LogP contribution in [0.3, 0.4) is 0 Å². The molecular formula is C23H19F2N3O2. The summed E-state index contributed by atoms with van der Waals surface area (Å²) in [5.41, 5.74) is 2.07. The first kappa shape index (κ1) is 19.6. The molecule has 0 saturated heterocycles. The summed E-state index contributed by atoms with van der Waals surface area (Å²) in [5.74, 6) is 0.599. The van der Waals surface area contributed by atoms with Gasteiger partial charge in [0.05, 0.1) is 0 Å². The number of ether oxygens (including phenoxy) is 1. The number of nitrogens with zero attached hydrogens (tertiary/aromatic N) is 2. The number of rotatable bonds is 6. The van der Waals surface area contributed by atoms with Gasteiger partial charge in [-0.05, 0) is 31.2 Å². The first-order valence-corrected chi connectivity index (χ1v) is 9.39. The standard InChI is InChI=1S/C23H19F2N3O2/c1-15-12-19(30-14-20(24)25)22-18(29)13-21(27-16-8-4-2-5-9-16)28(23(22)26-15)17-10-6-3-7-11-17/h2-13,20,27H,14H2,1H3. The zero-order chi connectivity index (χ0) is 21.1. The van der Waals surface area contributed by atoms with Crippen LogP contribution in [-0.4, -0.2) is 22.6 Å². The molecule has 4 aromatic rings. The van der Waals surface area contributed by atoms with Crippen LogP contribution in [0, 0.1) is 6.92 Å². The van der Waals surface area contributed by atoms with Crippen LogP contribution in [0.25, 0.3) is 16.7 Å². The lowest BCUT2D eigenvalue weighted by molar-refractivity contribution is 0.0826. The molecule has 30 heavy (non-hydrogen) atoms. The van der Waals surface area contributed by atoms with Gasteiger partial charge in [-0.1, -0.05) is 36.4 Å². The number of para-hydroxylation sites is 2. The minimum absolute atomic E-state index is 0.0961. The van der Waals surface area contributed by atoms with E-state index in [0.717, 1.165) is 11.4 Å². The van der Waals surface area contributed by atoms with Crippen molar-refractivity contribution in [1.29, 1.82) is 0 Å². The van der Waals surface area contributed by atoms with Crippen LogP contribution < -0.4 is 15.5 Å². The van der Waals surface area contributed by atoms with Crippen molar-refractivity contribution in [3.05, 3.63) is 88.7 Å². The van der Waals surface area contributed by atoms with Crippen LogP contribution in [0.1, 0.15) is 5.69 Å². The van der Waals surface area contributed by atoms with Gasteiger partial charge >= 0.3 is 0 Å². The third-order valence-corrected chi connectivity index (χ3v) is 4.48. The van der Waals surface area contributed by atoms with Gasteiger partial charge in [-0.3, -0.25) is 9.36 Å². The Labute approximate surface area is 171 Å². The van der Waals surface area contributed by atoms with Gasteiger partial charge in [0.2, 0.25) is 0 Å². The summed E-state index contributed by atoms with van der Waals surface area (Å²) in [6, 6.07) is 21.7. The Balaban J connectivity index is 1.99. The lowest BCUT2D eigenvalue weighted by Crippen LogP contribution is -2.16. The average molecular weight is 407 g/mol. The molecule has 0 spiro atoms. The number of pyridine rings is 2. The number of anilines is 2. The van der Waals surface area contributed by atoms with E-state index < -0.39 is 13.0 Å². The quantitative estimate of drug-likeness (QED) is 0.484. The normalized spacial score (nSPS) is 11.1. The minimum atomic E-state index is -2.65. The van der Waals surface area contributed by atoms with Crippen molar-refractivity contribution in [1.82, 2.24) is 9.55 Å². The van der Waals surface area contributed by atoms with E-state index >= 15 is 0 Å². The molecule has 2 aromatic carbocycles. The Kier molecular flexibility index (Phi) is 5.43. The van der Waals surface area contributed by atoms with E-state index in [1.807, 2.05) is 60.7 Å². The van der Waals surface area contributed by atoms with Crippen LogP contribution in [0.4, 0.5) is 20.3 Å². The highest BCUT2D eigenvalue weighted by molar-refractivity contribution is 5.86. The van der Waals surface area contributed by atoms with Crippen molar-refractivity contribution in [3.63, 3.8) is 0 Å². The second-order valence-corrected chi connectivity index (χ2v) is 6.72. The van der Waals surface area contributed by atoms with E-state index in [9.17, 15) is 13.6 Å². The van der Waals surface area contributed by atoms with Crippen LogP contribution in [0.15, 0.2) is 77.6 Å². The van der Waals surface area contributed by atoms with E-state index in [1.165, 1.54) is 12.1 Å². The van der Waals surface area contributed by atoms with Crippen molar-refractivity contribution in [2.45, 2.75) is 13.3 Å². The lowest BCUT2D eigenvalue weighted by Gasteiger charge is -2.19. The van der Waals surface area contributed by atoms with E-state index in [1.54, 1.807) is 11.5 Å². The Bertz CT molecular complexity index is 1230. The molecule has 0 aliphatic rings. The number of alkyl halides is 2. The van der Waals surface area contributed by atoms with Gasteiger partial charge in [0.15, 0.2) is 11.1 Å². The largest absolute Gasteiger partial charge is 0.487 e. The molecule has 0 bridgehead atoms. The predicted octanol–water partition coefficient (Wildman–Crippen LogP) is 5.08. The van der Waals surface area contributed by atoms with Gasteiger partial charge in [-0.15, -0.1) is 0 Å². The molecule has 0 atom stereocenters. The van der Waals surface area contributed by atoms with Crippen molar-refractivity contribution in [2.75, 3.05) is 11.9 Å².